The Bertz CT molecular complexity index is 2540. The molecule has 17 nitrogen and oxygen atoms in total. The number of aromatic nitrogens is 4. The lowest BCUT2D eigenvalue weighted by molar-refractivity contribution is -0.118. The number of pyridine rings is 1. The number of esters is 1. The number of nitrogens with one attached hydrogen (secondary N) is 3. The maximum Gasteiger partial charge on any atom is 0.358 e. The lowest BCUT2D eigenvalue weighted by Crippen LogP contribution is -2.37. The first-order valence-electron chi connectivity index (χ1n) is 18.0. The van der Waals surface area contributed by atoms with Gasteiger partial charge in [0.25, 0.3) is 15.9 Å². The second kappa shape index (κ2) is 17.8. The maximum absolute atomic E-state index is 13.2. The predicted octanol–water partition coefficient (Wildman–Crippen LogP) is 3.57. The molecule has 0 fully saturated rings. The molecular formula is C39H42N10O7S. The molecule has 0 bridgehead atoms. The summed E-state index contributed by atoms with van der Waals surface area (Å²) in [5, 5.41) is 10.8. The van der Waals surface area contributed by atoms with Gasteiger partial charge in [-0.25, -0.2) is 22.9 Å². The number of guanidine groups is 1. The first-order valence-corrected chi connectivity index (χ1v) is 19.5. The highest BCUT2D eigenvalue weighted by Crippen LogP contribution is 2.29. The van der Waals surface area contributed by atoms with Crippen molar-refractivity contribution in [3.63, 3.8) is 0 Å². The second-order valence-corrected chi connectivity index (χ2v) is 14.6. The number of benzene rings is 3. The van der Waals surface area contributed by atoms with Crippen LogP contribution >= 0.6 is 0 Å². The Hall–Kier alpha value is -6.79. The lowest BCUT2D eigenvalue weighted by Gasteiger charge is -2.12. The van der Waals surface area contributed by atoms with Crippen LogP contribution in [0.5, 0.6) is 5.88 Å². The van der Waals surface area contributed by atoms with Crippen molar-refractivity contribution in [2.24, 2.45) is 16.5 Å². The molecule has 2 amide bonds. The Morgan fingerprint density at radius 2 is 1.75 bits per heavy atom. The molecule has 3 aromatic heterocycles. The molecular weight excluding hydrogens is 753 g/mol. The summed E-state index contributed by atoms with van der Waals surface area (Å²) in [5.74, 6) is -1.64. The van der Waals surface area contributed by atoms with Gasteiger partial charge in [-0.3, -0.25) is 19.3 Å². The number of aliphatic imine (C=N–C) groups is 1. The monoisotopic (exact) mass is 794 g/mol. The van der Waals surface area contributed by atoms with Gasteiger partial charge in [0.15, 0.2) is 17.9 Å². The van der Waals surface area contributed by atoms with Crippen molar-refractivity contribution in [1.82, 2.24) is 23.9 Å². The van der Waals surface area contributed by atoms with E-state index in [0.29, 0.717) is 40.9 Å². The van der Waals surface area contributed by atoms with Crippen molar-refractivity contribution in [3.8, 4) is 5.88 Å². The van der Waals surface area contributed by atoms with Gasteiger partial charge >= 0.3 is 5.97 Å². The number of imidazole rings is 1. The number of ether oxygens (including phenoxy) is 2. The smallest absolute Gasteiger partial charge is 0.358 e. The van der Waals surface area contributed by atoms with Crippen molar-refractivity contribution in [2.45, 2.75) is 44.2 Å². The highest BCUT2D eigenvalue weighted by Gasteiger charge is 2.20. The summed E-state index contributed by atoms with van der Waals surface area (Å²) in [4.78, 5) is 46.9. The van der Waals surface area contributed by atoms with Crippen LogP contribution in [0, 0.1) is 6.92 Å². The van der Waals surface area contributed by atoms with Gasteiger partial charge in [0.2, 0.25) is 17.7 Å². The summed E-state index contributed by atoms with van der Waals surface area (Å²) in [6.07, 6.45) is 3.81. The molecule has 0 radical (unpaired) electrons. The number of hydrogen-bond acceptors (Lipinski definition) is 11. The van der Waals surface area contributed by atoms with Crippen LogP contribution < -0.4 is 31.6 Å². The quantitative estimate of drug-likeness (QED) is 0.0411. The highest BCUT2D eigenvalue weighted by atomic mass is 32.2. The van der Waals surface area contributed by atoms with Crippen LogP contribution in [-0.4, -0.2) is 77.1 Å². The molecule has 3 aromatic carbocycles. The lowest BCUT2D eigenvalue weighted by atomic mass is 10.1. The first-order chi connectivity index (χ1) is 27.4. The van der Waals surface area contributed by atoms with Gasteiger partial charge in [-0.2, -0.15) is 0 Å². The molecule has 0 saturated heterocycles. The van der Waals surface area contributed by atoms with Crippen LogP contribution in [0.4, 0.5) is 11.4 Å². The van der Waals surface area contributed by atoms with E-state index in [4.69, 9.17) is 20.9 Å². The maximum atomic E-state index is 13.2. The van der Waals surface area contributed by atoms with E-state index in [2.05, 4.69) is 30.4 Å². The minimum Gasteiger partial charge on any atom is -0.466 e. The van der Waals surface area contributed by atoms with Crippen LogP contribution in [0.3, 0.4) is 0 Å². The Morgan fingerprint density at radius 1 is 0.982 bits per heavy atom. The molecule has 6 rings (SSSR count). The van der Waals surface area contributed by atoms with Crippen LogP contribution in [0.25, 0.3) is 16.6 Å². The van der Waals surface area contributed by atoms with Gasteiger partial charge in [-0.05, 0) is 74.7 Å². The van der Waals surface area contributed by atoms with Gasteiger partial charge in [0, 0.05) is 24.6 Å². The molecule has 57 heavy (non-hydrogen) atoms. The van der Waals surface area contributed by atoms with Crippen molar-refractivity contribution in [2.75, 3.05) is 30.4 Å². The fraction of sp³-hybridized carbons (Fsp3) is 0.231. The number of carbonyl (C=O) groups is 3. The van der Waals surface area contributed by atoms with E-state index in [1.165, 1.54) is 18.3 Å². The number of nitrogens with two attached hydrogens (primary N) is 2. The van der Waals surface area contributed by atoms with E-state index in [9.17, 15) is 22.8 Å². The van der Waals surface area contributed by atoms with Gasteiger partial charge in [-0.1, -0.05) is 48.0 Å². The van der Waals surface area contributed by atoms with Crippen molar-refractivity contribution >= 4 is 61.7 Å². The molecule has 0 saturated carbocycles. The second-order valence-electron chi connectivity index (χ2n) is 12.9. The largest absolute Gasteiger partial charge is 0.466 e. The Labute approximate surface area is 328 Å². The predicted molar refractivity (Wildman–Crippen MR) is 214 cm³/mol. The molecule has 0 aliphatic heterocycles. The third kappa shape index (κ3) is 10.1. The SMILES string of the molecule is CCOC(=O)c1cn2cccc(NC(=O)COc3nn(Cc4ccccc4)c4ccc(NC(=O)C(N)CCCN=C(N)NS(=O)(=O)c5ccc(C)cc5)cc34)c2n1. The Morgan fingerprint density at radius 3 is 2.51 bits per heavy atom. The Balaban J connectivity index is 1.10. The fourth-order valence-corrected chi connectivity index (χ4v) is 6.72. The summed E-state index contributed by atoms with van der Waals surface area (Å²) in [5.41, 5.74) is 15.8. The molecule has 6 aromatic rings. The van der Waals surface area contributed by atoms with E-state index in [1.54, 1.807) is 64.7 Å². The highest BCUT2D eigenvalue weighted by molar-refractivity contribution is 7.90. The normalized spacial score (nSPS) is 12.3. The molecule has 3 heterocycles. The summed E-state index contributed by atoms with van der Waals surface area (Å²) in [6, 6.07) is 23.6. The molecule has 296 valence electrons. The minimum absolute atomic E-state index is 0.0588. The number of carbonyl (C=O) groups excluding carboxylic acids is 3. The topological polar surface area (TPSA) is 239 Å². The molecule has 1 unspecified atom stereocenters. The summed E-state index contributed by atoms with van der Waals surface area (Å²) < 4.78 is 41.7. The molecule has 7 N–H and O–H groups in total. The van der Waals surface area contributed by atoms with Crippen molar-refractivity contribution < 1.29 is 32.3 Å². The number of anilines is 2. The van der Waals surface area contributed by atoms with Gasteiger partial charge in [0.05, 0.1) is 40.7 Å². The van der Waals surface area contributed by atoms with Crippen molar-refractivity contribution in [3.05, 3.63) is 114 Å². The number of amides is 2. The van der Waals surface area contributed by atoms with Crippen LogP contribution in [0.1, 0.15) is 41.4 Å². The molecule has 18 heteroatoms. The zero-order valence-corrected chi connectivity index (χ0v) is 32.0. The van der Waals surface area contributed by atoms with E-state index >= 15 is 0 Å². The zero-order valence-electron chi connectivity index (χ0n) is 31.2. The summed E-state index contributed by atoms with van der Waals surface area (Å²) >= 11 is 0. The zero-order chi connectivity index (χ0) is 40.5. The third-order valence-corrected chi connectivity index (χ3v) is 9.97. The number of rotatable bonds is 16. The Kier molecular flexibility index (Phi) is 12.4. The first kappa shape index (κ1) is 39.9. The number of aryl methyl sites for hydroxylation is 1. The average molecular weight is 795 g/mol. The van der Waals surface area contributed by atoms with Crippen LogP contribution in [0.2, 0.25) is 0 Å². The van der Waals surface area contributed by atoms with E-state index in [-0.39, 0.29) is 42.0 Å². The van der Waals surface area contributed by atoms with Gasteiger partial charge in [-0.15, -0.1) is 5.10 Å². The van der Waals surface area contributed by atoms with Crippen LogP contribution in [-0.2, 0) is 30.9 Å². The van der Waals surface area contributed by atoms with Gasteiger partial charge in [0.1, 0.15) is 0 Å². The number of hydrogen-bond donors (Lipinski definition) is 5. The van der Waals surface area contributed by atoms with E-state index in [0.717, 1.165) is 11.1 Å². The molecule has 0 spiro atoms. The number of sulfonamides is 1. The number of nitrogens with zero attached hydrogens (tertiary/aromatic N) is 5. The minimum atomic E-state index is -3.89. The van der Waals surface area contributed by atoms with Gasteiger partial charge < -0.3 is 36.0 Å². The van der Waals surface area contributed by atoms with Crippen molar-refractivity contribution in [1.29, 1.82) is 0 Å². The summed E-state index contributed by atoms with van der Waals surface area (Å²) in [7, 11) is -3.89. The number of fused-ring (bicyclic) bond motifs is 2. The standard InChI is InChI=1S/C39H42N10O7S/c1-3-55-38(52)32-23-48-20-8-12-31(35(48)45-32)44-34(50)24-56-37-29-21-27(15-18-33(29)49(46-37)22-26-9-5-4-6-10-26)43-36(51)30(40)11-7-19-42-39(41)47-57(53,54)28-16-13-25(2)14-17-28/h4-6,8-10,12-18,20-21,23,30H,3,7,11,19,22,24,40H2,1-2H3,(H,43,51)(H,44,50)(H3,41,42,47). The molecule has 0 aliphatic carbocycles. The van der Waals surface area contributed by atoms with E-state index < -0.39 is 40.5 Å². The fourth-order valence-electron chi connectivity index (χ4n) is 5.77. The average Bonchev–Trinajstić information content (AvgIpc) is 3.78. The van der Waals surface area contributed by atoms with E-state index in [1.807, 2.05) is 37.3 Å². The third-order valence-electron chi connectivity index (χ3n) is 8.60. The molecule has 0 aliphatic rings. The van der Waals surface area contributed by atoms with Crippen LogP contribution in [0.15, 0.2) is 107 Å². The molecule has 1 atom stereocenters. The summed E-state index contributed by atoms with van der Waals surface area (Å²) in [6.45, 7) is 3.88.